The summed E-state index contributed by atoms with van der Waals surface area (Å²) in [5.41, 5.74) is 3.33. The molecule has 1 saturated heterocycles. The molecule has 0 spiro atoms. The Kier molecular flexibility index (Phi) is 7.58. The SMILES string of the molecule is O=C(c1ccc2c(c1)C1C(Cl)C(Sc3ccccc3[N+](=O)[O-])CC1C(c1ccc([N+](=O)[O-])cc1)N2)N1CCOCC1. The maximum absolute atomic E-state index is 13.3. The number of nitrogens with one attached hydrogen (secondary N) is 1. The first-order chi connectivity index (χ1) is 19.8. The van der Waals surface area contributed by atoms with E-state index in [-0.39, 0.29) is 50.7 Å². The molecule has 3 aromatic rings. The van der Waals surface area contributed by atoms with E-state index < -0.39 is 4.92 Å². The number of para-hydroxylation sites is 1. The van der Waals surface area contributed by atoms with Crippen LogP contribution in [0.2, 0.25) is 0 Å². The highest BCUT2D eigenvalue weighted by Crippen LogP contribution is 2.58. The smallest absolute Gasteiger partial charge is 0.282 e. The molecule has 2 aliphatic heterocycles. The van der Waals surface area contributed by atoms with E-state index in [0.717, 1.165) is 16.8 Å². The summed E-state index contributed by atoms with van der Waals surface area (Å²) >= 11 is 8.65. The number of hydrogen-bond acceptors (Lipinski definition) is 8. The molecule has 1 aliphatic carbocycles. The number of benzene rings is 3. The number of non-ortho nitro benzene ring substituents is 1. The van der Waals surface area contributed by atoms with Crippen molar-refractivity contribution in [1.82, 2.24) is 4.90 Å². The second-order valence-corrected chi connectivity index (χ2v) is 12.2. The highest BCUT2D eigenvalue weighted by Gasteiger charge is 2.50. The van der Waals surface area contributed by atoms with Gasteiger partial charge in [-0.15, -0.1) is 23.4 Å². The summed E-state index contributed by atoms with van der Waals surface area (Å²) in [6.07, 6.45) is 0.658. The fourth-order valence-electron chi connectivity index (χ4n) is 6.20. The number of carbonyl (C=O) groups excluding carboxylic acids is 1. The van der Waals surface area contributed by atoms with Gasteiger partial charge in [-0.3, -0.25) is 25.0 Å². The minimum absolute atomic E-state index is 0.0132. The van der Waals surface area contributed by atoms with Gasteiger partial charge in [-0.2, -0.15) is 0 Å². The van der Waals surface area contributed by atoms with Gasteiger partial charge < -0.3 is 15.0 Å². The van der Waals surface area contributed by atoms with Crippen LogP contribution in [0.5, 0.6) is 0 Å². The van der Waals surface area contributed by atoms with E-state index in [0.29, 0.717) is 43.2 Å². The molecule has 1 amide bonds. The predicted octanol–water partition coefficient (Wildman–Crippen LogP) is 6.01. The van der Waals surface area contributed by atoms with Gasteiger partial charge in [-0.1, -0.05) is 24.3 Å². The van der Waals surface area contributed by atoms with E-state index in [1.54, 1.807) is 35.2 Å². The van der Waals surface area contributed by atoms with Gasteiger partial charge >= 0.3 is 0 Å². The zero-order chi connectivity index (χ0) is 28.7. The topological polar surface area (TPSA) is 128 Å². The molecular formula is C29H27ClN4O6S. The maximum atomic E-state index is 13.3. The average molecular weight is 595 g/mol. The lowest BCUT2D eigenvalue weighted by molar-refractivity contribution is -0.387. The zero-order valence-corrected chi connectivity index (χ0v) is 23.4. The Morgan fingerprint density at radius 2 is 1.73 bits per heavy atom. The molecule has 5 unspecified atom stereocenters. The first kappa shape index (κ1) is 27.5. The summed E-state index contributed by atoms with van der Waals surface area (Å²) in [4.78, 5) is 37.8. The largest absolute Gasteiger partial charge is 0.378 e. The van der Waals surface area contributed by atoms with Crippen molar-refractivity contribution in [1.29, 1.82) is 0 Å². The Morgan fingerprint density at radius 3 is 2.44 bits per heavy atom. The lowest BCUT2D eigenvalue weighted by Gasteiger charge is -2.38. The second-order valence-electron chi connectivity index (χ2n) is 10.4. The quantitative estimate of drug-likeness (QED) is 0.209. The lowest BCUT2D eigenvalue weighted by atomic mass is 9.76. The van der Waals surface area contributed by atoms with Crippen molar-refractivity contribution in [2.75, 3.05) is 31.6 Å². The number of ether oxygens (including phenoxy) is 1. The van der Waals surface area contributed by atoms with Crippen LogP contribution in [0.4, 0.5) is 17.1 Å². The number of hydrogen-bond donors (Lipinski definition) is 1. The Hall–Kier alpha value is -3.67. The predicted molar refractivity (Wildman–Crippen MR) is 156 cm³/mol. The van der Waals surface area contributed by atoms with Crippen LogP contribution >= 0.6 is 23.4 Å². The van der Waals surface area contributed by atoms with Crippen molar-refractivity contribution in [2.45, 2.75) is 33.9 Å². The Morgan fingerprint density at radius 1 is 1.00 bits per heavy atom. The van der Waals surface area contributed by atoms with Gasteiger partial charge in [-0.05, 0) is 47.7 Å². The summed E-state index contributed by atoms with van der Waals surface area (Å²) in [5.74, 6) is -0.216. The van der Waals surface area contributed by atoms with E-state index in [1.807, 2.05) is 18.2 Å². The molecule has 10 nitrogen and oxygen atoms in total. The van der Waals surface area contributed by atoms with Gasteiger partial charge in [0.05, 0.1) is 39.4 Å². The molecule has 3 aromatic carbocycles. The van der Waals surface area contributed by atoms with E-state index in [1.165, 1.54) is 30.0 Å². The number of carbonyl (C=O) groups is 1. The Labute approximate surface area is 245 Å². The molecule has 6 rings (SSSR count). The van der Waals surface area contributed by atoms with Gasteiger partial charge in [0.15, 0.2) is 0 Å². The summed E-state index contributed by atoms with van der Waals surface area (Å²) in [6.45, 7) is 2.09. The Balaban J connectivity index is 1.37. The van der Waals surface area contributed by atoms with Crippen molar-refractivity contribution in [3.8, 4) is 0 Å². The second kappa shape index (κ2) is 11.3. The van der Waals surface area contributed by atoms with Gasteiger partial charge in [0, 0.05) is 53.7 Å². The lowest BCUT2D eigenvalue weighted by Crippen LogP contribution is -2.40. The van der Waals surface area contributed by atoms with E-state index >= 15 is 0 Å². The van der Waals surface area contributed by atoms with E-state index in [2.05, 4.69) is 5.32 Å². The summed E-state index contributed by atoms with van der Waals surface area (Å²) in [5, 5.41) is 26.1. The van der Waals surface area contributed by atoms with Crippen LogP contribution in [-0.2, 0) is 4.74 Å². The third-order valence-corrected chi connectivity index (χ3v) is 10.3. The monoisotopic (exact) mass is 594 g/mol. The fraction of sp³-hybridized carbons (Fsp3) is 0.345. The molecule has 0 aromatic heterocycles. The summed E-state index contributed by atoms with van der Waals surface area (Å²) in [6, 6.07) is 18.6. The number of morpholine rings is 1. The number of nitro benzene ring substituents is 2. The molecule has 1 saturated carbocycles. The van der Waals surface area contributed by atoms with Crippen LogP contribution in [0.15, 0.2) is 71.6 Å². The highest BCUT2D eigenvalue weighted by atomic mass is 35.5. The van der Waals surface area contributed by atoms with Gasteiger partial charge in [0.25, 0.3) is 17.3 Å². The minimum atomic E-state index is -0.424. The normalized spacial score (nSPS) is 25.1. The fourth-order valence-corrected chi connectivity index (χ4v) is 8.15. The highest BCUT2D eigenvalue weighted by molar-refractivity contribution is 8.00. The summed E-state index contributed by atoms with van der Waals surface area (Å²) < 4.78 is 5.40. The first-order valence-corrected chi connectivity index (χ1v) is 14.7. The molecule has 1 N–H and O–H groups in total. The summed E-state index contributed by atoms with van der Waals surface area (Å²) in [7, 11) is 0. The number of rotatable bonds is 6. The number of fused-ring (bicyclic) bond motifs is 3. The van der Waals surface area contributed by atoms with E-state index in [9.17, 15) is 25.0 Å². The van der Waals surface area contributed by atoms with Gasteiger partial charge in [0.2, 0.25) is 0 Å². The van der Waals surface area contributed by atoms with E-state index in [4.69, 9.17) is 16.3 Å². The molecule has 12 heteroatoms. The molecule has 0 radical (unpaired) electrons. The number of anilines is 1. The molecule has 3 aliphatic rings. The van der Waals surface area contributed by atoms with Crippen LogP contribution < -0.4 is 5.32 Å². The molecule has 2 heterocycles. The Bertz CT molecular complexity index is 1500. The van der Waals surface area contributed by atoms with Gasteiger partial charge in [0.1, 0.15) is 0 Å². The average Bonchev–Trinajstić information content (AvgIpc) is 3.32. The molecular weight excluding hydrogens is 568 g/mol. The standard InChI is InChI=1S/C29H27ClN4O6S/c30-27-25(41-24-4-2-1-3-23(24)34(38)39)16-21-26(27)20-15-18(29(35)32-11-13-40-14-12-32)7-10-22(20)31-28(21)17-5-8-19(9-6-17)33(36)37/h1-10,15,21,25-28,31H,11-14,16H2. The van der Waals surface area contributed by atoms with Crippen LogP contribution in [0.1, 0.15) is 39.9 Å². The molecule has 212 valence electrons. The maximum Gasteiger partial charge on any atom is 0.282 e. The molecule has 2 fully saturated rings. The zero-order valence-electron chi connectivity index (χ0n) is 21.9. The third kappa shape index (κ3) is 5.25. The number of nitro groups is 2. The molecule has 41 heavy (non-hydrogen) atoms. The van der Waals surface area contributed by atoms with Crippen molar-refractivity contribution in [2.24, 2.45) is 5.92 Å². The first-order valence-electron chi connectivity index (χ1n) is 13.4. The van der Waals surface area contributed by atoms with Crippen molar-refractivity contribution >= 4 is 46.3 Å². The molecule has 0 bridgehead atoms. The van der Waals surface area contributed by atoms with Crippen LogP contribution in [0.25, 0.3) is 0 Å². The number of amides is 1. The van der Waals surface area contributed by atoms with Crippen LogP contribution in [-0.4, -0.2) is 57.6 Å². The number of thioether (sulfide) groups is 1. The third-order valence-electron chi connectivity index (χ3n) is 8.16. The van der Waals surface area contributed by atoms with Crippen molar-refractivity contribution in [3.05, 3.63) is 104 Å². The van der Waals surface area contributed by atoms with Gasteiger partial charge in [-0.25, -0.2) is 0 Å². The van der Waals surface area contributed by atoms with Crippen LogP contribution in [0, 0.1) is 26.1 Å². The van der Waals surface area contributed by atoms with Crippen LogP contribution in [0.3, 0.4) is 0 Å². The number of halogens is 1. The molecule has 5 atom stereocenters. The van der Waals surface area contributed by atoms with Crippen molar-refractivity contribution < 1.29 is 19.4 Å². The number of alkyl halides is 1. The minimum Gasteiger partial charge on any atom is -0.378 e. The number of nitrogens with zero attached hydrogens (tertiary/aromatic N) is 3. The van der Waals surface area contributed by atoms with Crippen molar-refractivity contribution in [3.63, 3.8) is 0 Å².